The number of aromatic nitrogens is 4. The maximum Gasteiger partial charge on any atom is 0.244 e. The number of benzene rings is 1. The summed E-state index contributed by atoms with van der Waals surface area (Å²) in [4.78, 5) is 19.4. The third-order valence-electron chi connectivity index (χ3n) is 5.54. The van der Waals surface area contributed by atoms with Gasteiger partial charge in [0.1, 0.15) is 6.54 Å². The standard InChI is InChI=1S/C19H27N7O2/c1-23-7-8-25(13-17(23)16-5-3-2-4-6-16)19(27)15-26-18(20-21-22-26)14-24-9-11-28-12-10-24/h2-6,17H,7-15H2,1H3. The van der Waals surface area contributed by atoms with Gasteiger partial charge in [-0.3, -0.25) is 14.6 Å². The fraction of sp³-hybridized carbons (Fsp3) is 0.579. The molecule has 2 aliphatic rings. The van der Waals surface area contributed by atoms with Gasteiger partial charge in [0, 0.05) is 32.7 Å². The van der Waals surface area contributed by atoms with Gasteiger partial charge in [-0.15, -0.1) is 5.10 Å². The number of hydrogen-bond acceptors (Lipinski definition) is 7. The van der Waals surface area contributed by atoms with Gasteiger partial charge in [0.25, 0.3) is 0 Å². The van der Waals surface area contributed by atoms with Crippen molar-refractivity contribution >= 4 is 5.91 Å². The van der Waals surface area contributed by atoms with E-state index in [0.29, 0.717) is 13.1 Å². The Kier molecular flexibility index (Phi) is 5.94. The van der Waals surface area contributed by atoms with Crippen molar-refractivity contribution < 1.29 is 9.53 Å². The quantitative estimate of drug-likeness (QED) is 0.718. The second kappa shape index (κ2) is 8.76. The largest absolute Gasteiger partial charge is 0.379 e. The summed E-state index contributed by atoms with van der Waals surface area (Å²) in [5.74, 6) is 0.786. The zero-order valence-electron chi connectivity index (χ0n) is 16.3. The first-order valence-corrected chi connectivity index (χ1v) is 9.79. The fourth-order valence-electron chi connectivity index (χ4n) is 3.78. The number of carbonyl (C=O) groups is 1. The molecular formula is C19H27N7O2. The molecule has 2 aromatic rings. The number of morpholine rings is 1. The third kappa shape index (κ3) is 4.37. The lowest BCUT2D eigenvalue weighted by Crippen LogP contribution is -2.50. The summed E-state index contributed by atoms with van der Waals surface area (Å²) >= 11 is 0. The summed E-state index contributed by atoms with van der Waals surface area (Å²) < 4.78 is 7.02. The van der Waals surface area contributed by atoms with Crippen molar-refractivity contribution in [1.29, 1.82) is 0 Å². The molecule has 1 aromatic carbocycles. The molecule has 28 heavy (non-hydrogen) atoms. The van der Waals surface area contributed by atoms with Crippen LogP contribution in [0, 0.1) is 0 Å². The molecular weight excluding hydrogens is 358 g/mol. The van der Waals surface area contributed by atoms with Crippen LogP contribution in [0.25, 0.3) is 0 Å². The number of hydrogen-bond donors (Lipinski definition) is 0. The van der Waals surface area contributed by atoms with E-state index in [0.717, 1.165) is 45.2 Å². The minimum absolute atomic E-state index is 0.0598. The molecule has 3 heterocycles. The van der Waals surface area contributed by atoms with Crippen molar-refractivity contribution in [2.24, 2.45) is 0 Å². The molecule has 2 fully saturated rings. The molecule has 1 unspecified atom stereocenters. The van der Waals surface area contributed by atoms with E-state index in [2.05, 4.69) is 44.5 Å². The lowest BCUT2D eigenvalue weighted by molar-refractivity contribution is -0.135. The predicted molar refractivity (Wildman–Crippen MR) is 102 cm³/mol. The first-order valence-electron chi connectivity index (χ1n) is 9.79. The van der Waals surface area contributed by atoms with Gasteiger partial charge in [0.15, 0.2) is 5.82 Å². The van der Waals surface area contributed by atoms with Crippen LogP contribution in [0.3, 0.4) is 0 Å². The Balaban J connectivity index is 1.39. The Morgan fingerprint density at radius 2 is 1.93 bits per heavy atom. The second-order valence-corrected chi connectivity index (χ2v) is 7.39. The molecule has 0 bridgehead atoms. The molecule has 0 saturated carbocycles. The van der Waals surface area contributed by atoms with E-state index in [-0.39, 0.29) is 18.5 Å². The van der Waals surface area contributed by atoms with Crippen molar-refractivity contribution in [3.8, 4) is 0 Å². The highest BCUT2D eigenvalue weighted by Crippen LogP contribution is 2.24. The van der Waals surface area contributed by atoms with Gasteiger partial charge in [-0.05, 0) is 23.0 Å². The average Bonchev–Trinajstić information content (AvgIpc) is 3.16. The number of piperazine rings is 1. The molecule has 150 valence electrons. The SMILES string of the molecule is CN1CCN(C(=O)Cn2nnnc2CN2CCOCC2)CC1c1ccccc1. The monoisotopic (exact) mass is 385 g/mol. The molecule has 0 N–H and O–H groups in total. The van der Waals surface area contributed by atoms with E-state index in [1.807, 2.05) is 23.1 Å². The zero-order chi connectivity index (χ0) is 19.3. The molecule has 4 rings (SSSR count). The van der Waals surface area contributed by atoms with Crippen molar-refractivity contribution in [3.05, 3.63) is 41.7 Å². The highest BCUT2D eigenvalue weighted by atomic mass is 16.5. The minimum Gasteiger partial charge on any atom is -0.379 e. The first kappa shape index (κ1) is 19.0. The summed E-state index contributed by atoms with van der Waals surface area (Å²) in [6.45, 7) is 6.24. The van der Waals surface area contributed by atoms with Crippen molar-refractivity contribution in [2.45, 2.75) is 19.1 Å². The second-order valence-electron chi connectivity index (χ2n) is 7.39. The van der Waals surface area contributed by atoms with Crippen LogP contribution in [0.5, 0.6) is 0 Å². The molecule has 2 saturated heterocycles. The van der Waals surface area contributed by atoms with E-state index < -0.39 is 0 Å². The van der Waals surface area contributed by atoms with Crippen LogP contribution in [0.4, 0.5) is 0 Å². The Morgan fingerprint density at radius 3 is 2.71 bits per heavy atom. The number of rotatable bonds is 5. The normalized spacial score (nSPS) is 21.8. The molecule has 0 spiro atoms. The average molecular weight is 385 g/mol. The van der Waals surface area contributed by atoms with Crippen LogP contribution in [0.1, 0.15) is 17.4 Å². The third-order valence-corrected chi connectivity index (χ3v) is 5.54. The molecule has 1 amide bonds. The highest BCUT2D eigenvalue weighted by molar-refractivity contribution is 5.76. The van der Waals surface area contributed by atoms with Gasteiger partial charge in [0.2, 0.25) is 5.91 Å². The Labute approximate surface area is 164 Å². The topological polar surface area (TPSA) is 79.6 Å². The van der Waals surface area contributed by atoms with Crippen LogP contribution >= 0.6 is 0 Å². The van der Waals surface area contributed by atoms with Crippen molar-refractivity contribution in [3.63, 3.8) is 0 Å². The van der Waals surface area contributed by atoms with Crippen LogP contribution in [-0.2, 0) is 22.6 Å². The highest BCUT2D eigenvalue weighted by Gasteiger charge is 2.29. The van der Waals surface area contributed by atoms with Crippen molar-refractivity contribution in [2.75, 3.05) is 53.0 Å². The Morgan fingerprint density at radius 1 is 1.14 bits per heavy atom. The molecule has 9 nitrogen and oxygen atoms in total. The zero-order valence-corrected chi connectivity index (χ0v) is 16.3. The molecule has 9 heteroatoms. The van der Waals surface area contributed by atoms with Crippen LogP contribution in [-0.4, -0.2) is 93.8 Å². The summed E-state index contributed by atoms with van der Waals surface area (Å²) in [6, 6.07) is 10.6. The summed E-state index contributed by atoms with van der Waals surface area (Å²) in [6.07, 6.45) is 0. The summed E-state index contributed by atoms with van der Waals surface area (Å²) in [5.41, 5.74) is 1.23. The first-order chi connectivity index (χ1) is 13.7. The van der Waals surface area contributed by atoms with Gasteiger partial charge in [-0.1, -0.05) is 30.3 Å². The van der Waals surface area contributed by atoms with Gasteiger partial charge in [-0.25, -0.2) is 4.68 Å². The van der Waals surface area contributed by atoms with Gasteiger partial charge in [0.05, 0.1) is 25.8 Å². The number of likely N-dealkylation sites (N-methyl/N-ethyl adjacent to an activating group) is 1. The maximum atomic E-state index is 13.0. The fourth-order valence-corrected chi connectivity index (χ4v) is 3.78. The summed E-state index contributed by atoms with van der Waals surface area (Å²) in [5, 5.41) is 12.0. The molecule has 0 radical (unpaired) electrons. The molecule has 2 aliphatic heterocycles. The van der Waals surface area contributed by atoms with E-state index in [1.165, 1.54) is 5.56 Å². The van der Waals surface area contributed by atoms with Gasteiger partial charge in [-0.2, -0.15) is 0 Å². The predicted octanol–water partition coefficient (Wildman–Crippen LogP) is 0.0206. The molecule has 1 aromatic heterocycles. The molecule has 0 aliphatic carbocycles. The van der Waals surface area contributed by atoms with Crippen LogP contribution in [0.15, 0.2) is 30.3 Å². The van der Waals surface area contributed by atoms with Crippen LogP contribution < -0.4 is 0 Å². The van der Waals surface area contributed by atoms with Crippen LogP contribution in [0.2, 0.25) is 0 Å². The summed E-state index contributed by atoms with van der Waals surface area (Å²) in [7, 11) is 2.11. The number of ether oxygens (including phenoxy) is 1. The lowest BCUT2D eigenvalue weighted by atomic mass is 10.0. The number of amides is 1. The number of nitrogens with zero attached hydrogens (tertiary/aromatic N) is 7. The van der Waals surface area contributed by atoms with Gasteiger partial charge < -0.3 is 9.64 Å². The number of tetrazole rings is 1. The molecule has 1 atom stereocenters. The number of carbonyl (C=O) groups excluding carboxylic acids is 1. The Hall–Kier alpha value is -2.36. The minimum atomic E-state index is 0.0598. The van der Waals surface area contributed by atoms with Gasteiger partial charge >= 0.3 is 0 Å². The van der Waals surface area contributed by atoms with Crippen molar-refractivity contribution in [1.82, 2.24) is 34.9 Å². The maximum absolute atomic E-state index is 13.0. The van der Waals surface area contributed by atoms with E-state index >= 15 is 0 Å². The van der Waals surface area contributed by atoms with E-state index in [9.17, 15) is 4.79 Å². The smallest absolute Gasteiger partial charge is 0.244 e. The Bertz CT molecular complexity index is 776. The van der Waals surface area contributed by atoms with E-state index in [4.69, 9.17) is 4.74 Å². The van der Waals surface area contributed by atoms with E-state index in [1.54, 1.807) is 4.68 Å². The lowest BCUT2D eigenvalue weighted by Gasteiger charge is -2.39.